The van der Waals surface area contributed by atoms with Crippen molar-refractivity contribution in [2.45, 2.75) is 13.0 Å². The van der Waals surface area contributed by atoms with Crippen molar-refractivity contribution in [3.05, 3.63) is 52.4 Å². The highest BCUT2D eigenvalue weighted by atomic mass is 35.5. The fourth-order valence-electron chi connectivity index (χ4n) is 1.49. The zero-order valence-corrected chi connectivity index (χ0v) is 12.9. The average molecular weight is 340 g/mol. The van der Waals surface area contributed by atoms with Gasteiger partial charge in [-0.1, -0.05) is 23.2 Å². The molecule has 2 aromatic rings. The number of ether oxygens (including phenoxy) is 1. The monoisotopic (exact) mass is 339 g/mol. The fourth-order valence-corrected chi connectivity index (χ4v) is 1.92. The molecule has 0 radical (unpaired) electrons. The van der Waals surface area contributed by atoms with Gasteiger partial charge in [0, 0.05) is 18.6 Å². The summed E-state index contributed by atoms with van der Waals surface area (Å²) in [4.78, 5) is 31.5. The molecule has 1 amide bonds. The molecule has 2 heterocycles. The number of hydrogen-bond donors (Lipinski definition) is 1. The number of nitrogens with one attached hydrogen (secondary N) is 1. The first-order valence-corrected chi connectivity index (χ1v) is 6.96. The van der Waals surface area contributed by atoms with E-state index < -0.39 is 18.0 Å². The summed E-state index contributed by atoms with van der Waals surface area (Å²) in [6.45, 7) is 1.44. The van der Waals surface area contributed by atoms with Crippen LogP contribution in [-0.2, 0) is 9.53 Å². The fraction of sp³-hybridized carbons (Fsp3) is 0.143. The predicted molar refractivity (Wildman–Crippen MR) is 82.0 cm³/mol. The molecule has 0 aliphatic heterocycles. The van der Waals surface area contributed by atoms with E-state index in [0.717, 1.165) is 0 Å². The van der Waals surface area contributed by atoms with E-state index >= 15 is 0 Å². The van der Waals surface area contributed by atoms with Crippen molar-refractivity contribution in [2.75, 3.05) is 5.32 Å². The highest BCUT2D eigenvalue weighted by molar-refractivity contribution is 6.36. The molecule has 1 atom stereocenters. The van der Waals surface area contributed by atoms with Crippen molar-refractivity contribution in [3.8, 4) is 0 Å². The van der Waals surface area contributed by atoms with E-state index in [2.05, 4.69) is 15.3 Å². The van der Waals surface area contributed by atoms with Crippen molar-refractivity contribution in [2.24, 2.45) is 0 Å². The van der Waals surface area contributed by atoms with E-state index in [4.69, 9.17) is 27.9 Å². The maximum absolute atomic E-state index is 12.0. The quantitative estimate of drug-likeness (QED) is 0.866. The standard InChI is InChI=1S/C14H11Cl2N3O3/c1-8(22-14(21)9-2-4-17-5-3-9)13(20)19-12-11(16)6-10(15)7-18-12/h2-8H,1H3,(H,18,19,20)/t8-/m1/s1. The lowest BCUT2D eigenvalue weighted by atomic mass is 10.3. The van der Waals surface area contributed by atoms with Crippen LogP contribution in [0.4, 0.5) is 5.82 Å². The highest BCUT2D eigenvalue weighted by Gasteiger charge is 2.20. The first-order chi connectivity index (χ1) is 10.5. The number of carbonyl (C=O) groups is 2. The van der Waals surface area contributed by atoms with E-state index in [1.165, 1.54) is 43.7 Å². The lowest BCUT2D eigenvalue weighted by Gasteiger charge is -2.13. The number of esters is 1. The van der Waals surface area contributed by atoms with E-state index in [1.54, 1.807) is 0 Å². The third kappa shape index (κ3) is 4.16. The molecule has 0 aliphatic rings. The molecule has 6 nitrogen and oxygen atoms in total. The molecule has 22 heavy (non-hydrogen) atoms. The second kappa shape index (κ2) is 7.20. The van der Waals surface area contributed by atoms with Gasteiger partial charge in [-0.2, -0.15) is 0 Å². The number of pyridine rings is 2. The molecular weight excluding hydrogens is 329 g/mol. The van der Waals surface area contributed by atoms with Gasteiger partial charge >= 0.3 is 5.97 Å². The van der Waals surface area contributed by atoms with E-state index in [-0.39, 0.29) is 10.8 Å². The molecule has 0 fully saturated rings. The number of nitrogens with zero attached hydrogens (tertiary/aromatic N) is 2. The lowest BCUT2D eigenvalue weighted by molar-refractivity contribution is -0.123. The maximum atomic E-state index is 12.0. The van der Waals surface area contributed by atoms with Crippen LogP contribution in [0, 0.1) is 0 Å². The maximum Gasteiger partial charge on any atom is 0.339 e. The molecule has 0 unspecified atom stereocenters. The lowest BCUT2D eigenvalue weighted by Crippen LogP contribution is -2.30. The summed E-state index contributed by atoms with van der Waals surface area (Å²) < 4.78 is 5.06. The number of rotatable bonds is 4. The zero-order chi connectivity index (χ0) is 16.1. The minimum atomic E-state index is -1.02. The third-order valence-electron chi connectivity index (χ3n) is 2.62. The summed E-state index contributed by atoms with van der Waals surface area (Å²) in [7, 11) is 0. The molecular formula is C14H11Cl2N3O3. The second-order valence-corrected chi connectivity index (χ2v) is 5.10. The molecule has 114 valence electrons. The van der Waals surface area contributed by atoms with Gasteiger partial charge < -0.3 is 10.1 Å². The summed E-state index contributed by atoms with van der Waals surface area (Å²) in [6.07, 6.45) is 3.24. The largest absolute Gasteiger partial charge is 0.449 e. The van der Waals surface area contributed by atoms with Crippen LogP contribution in [0.1, 0.15) is 17.3 Å². The van der Waals surface area contributed by atoms with Gasteiger partial charge in [0.2, 0.25) is 0 Å². The van der Waals surface area contributed by atoms with Crippen molar-refractivity contribution >= 4 is 40.9 Å². The number of aromatic nitrogens is 2. The predicted octanol–water partition coefficient (Wildman–Crippen LogP) is 2.97. The number of amides is 1. The Bertz CT molecular complexity index is 695. The summed E-state index contributed by atoms with van der Waals surface area (Å²) in [5.74, 6) is -1.04. The Morgan fingerprint density at radius 3 is 2.59 bits per heavy atom. The molecule has 0 bridgehead atoms. The Morgan fingerprint density at radius 1 is 1.27 bits per heavy atom. The molecule has 0 spiro atoms. The first-order valence-electron chi connectivity index (χ1n) is 6.20. The first kappa shape index (κ1) is 16.2. The van der Waals surface area contributed by atoms with Crippen LogP contribution < -0.4 is 5.32 Å². The Morgan fingerprint density at radius 2 is 1.95 bits per heavy atom. The van der Waals surface area contributed by atoms with Gasteiger partial charge in [-0.3, -0.25) is 9.78 Å². The van der Waals surface area contributed by atoms with Crippen LogP contribution >= 0.6 is 23.2 Å². The Kier molecular flexibility index (Phi) is 5.30. The van der Waals surface area contributed by atoms with Gasteiger partial charge in [0.25, 0.3) is 5.91 Å². The number of halogens is 2. The molecule has 0 aliphatic carbocycles. The Balaban J connectivity index is 1.99. The van der Waals surface area contributed by atoms with Crippen LogP contribution in [0.15, 0.2) is 36.8 Å². The molecule has 0 saturated carbocycles. The Hall–Kier alpha value is -2.18. The molecule has 8 heteroatoms. The summed E-state index contributed by atoms with van der Waals surface area (Å²) in [5, 5.41) is 3.00. The smallest absolute Gasteiger partial charge is 0.339 e. The number of hydrogen-bond acceptors (Lipinski definition) is 5. The summed E-state index contributed by atoms with van der Waals surface area (Å²) in [5.41, 5.74) is 0.303. The number of anilines is 1. The average Bonchev–Trinajstić information content (AvgIpc) is 2.50. The van der Waals surface area contributed by atoms with E-state index in [0.29, 0.717) is 10.6 Å². The van der Waals surface area contributed by atoms with Crippen molar-refractivity contribution in [1.82, 2.24) is 9.97 Å². The van der Waals surface area contributed by atoms with Crippen LogP contribution in [0.25, 0.3) is 0 Å². The summed E-state index contributed by atoms with van der Waals surface area (Å²) in [6, 6.07) is 4.43. The normalized spacial score (nSPS) is 11.6. The molecule has 2 rings (SSSR count). The van der Waals surface area contributed by atoms with Crippen molar-refractivity contribution in [1.29, 1.82) is 0 Å². The minimum absolute atomic E-state index is 0.142. The van der Waals surface area contributed by atoms with E-state index in [9.17, 15) is 9.59 Å². The zero-order valence-electron chi connectivity index (χ0n) is 11.4. The molecule has 2 aromatic heterocycles. The Labute approximate surface area is 136 Å². The minimum Gasteiger partial charge on any atom is -0.449 e. The highest BCUT2D eigenvalue weighted by Crippen LogP contribution is 2.22. The van der Waals surface area contributed by atoms with Gasteiger partial charge in [-0.05, 0) is 25.1 Å². The van der Waals surface area contributed by atoms with Crippen LogP contribution in [-0.4, -0.2) is 27.9 Å². The van der Waals surface area contributed by atoms with Gasteiger partial charge in [-0.25, -0.2) is 9.78 Å². The SMILES string of the molecule is C[C@@H](OC(=O)c1ccncc1)C(=O)Nc1ncc(Cl)cc1Cl. The van der Waals surface area contributed by atoms with Crippen molar-refractivity contribution in [3.63, 3.8) is 0 Å². The summed E-state index contributed by atoms with van der Waals surface area (Å²) >= 11 is 11.6. The second-order valence-electron chi connectivity index (χ2n) is 4.26. The molecule has 0 aromatic carbocycles. The van der Waals surface area contributed by atoms with Crippen LogP contribution in [0.3, 0.4) is 0 Å². The number of carbonyl (C=O) groups excluding carboxylic acids is 2. The molecule has 1 N–H and O–H groups in total. The third-order valence-corrected chi connectivity index (χ3v) is 3.11. The molecule has 0 saturated heterocycles. The van der Waals surface area contributed by atoms with Crippen LogP contribution in [0.2, 0.25) is 10.0 Å². The van der Waals surface area contributed by atoms with Gasteiger partial charge in [0.15, 0.2) is 11.9 Å². The van der Waals surface area contributed by atoms with Gasteiger partial charge in [0.05, 0.1) is 15.6 Å². The topological polar surface area (TPSA) is 81.2 Å². The van der Waals surface area contributed by atoms with Gasteiger partial charge in [0.1, 0.15) is 0 Å². The van der Waals surface area contributed by atoms with Gasteiger partial charge in [-0.15, -0.1) is 0 Å². The van der Waals surface area contributed by atoms with Crippen molar-refractivity contribution < 1.29 is 14.3 Å². The van der Waals surface area contributed by atoms with Crippen LogP contribution in [0.5, 0.6) is 0 Å². The van der Waals surface area contributed by atoms with E-state index in [1.807, 2.05) is 0 Å².